The highest BCUT2D eigenvalue weighted by Crippen LogP contribution is 2.40. The van der Waals surface area contributed by atoms with Crippen molar-refractivity contribution in [3.8, 4) is 0 Å². The lowest BCUT2D eigenvalue weighted by molar-refractivity contribution is -0.0685. The van der Waals surface area contributed by atoms with Crippen molar-refractivity contribution in [2.45, 2.75) is 70.0 Å². The number of ether oxygens (including phenoxy) is 1. The van der Waals surface area contributed by atoms with Gasteiger partial charge in [0.15, 0.2) is 0 Å². The largest absolute Gasteiger partial charge is 0.446 e. The Labute approximate surface area is 178 Å². The van der Waals surface area contributed by atoms with E-state index >= 15 is 0 Å². The van der Waals surface area contributed by atoms with E-state index in [1.165, 1.54) is 5.56 Å². The van der Waals surface area contributed by atoms with Crippen LogP contribution in [-0.2, 0) is 15.0 Å². The summed E-state index contributed by atoms with van der Waals surface area (Å²) in [5, 5.41) is 7.19. The van der Waals surface area contributed by atoms with E-state index in [4.69, 9.17) is 9.57 Å². The third-order valence-corrected chi connectivity index (χ3v) is 6.06. The first-order valence-electron chi connectivity index (χ1n) is 10.7. The fourth-order valence-electron chi connectivity index (χ4n) is 4.16. The molecule has 1 heterocycles. The molecule has 5 nitrogen and oxygen atoms in total. The van der Waals surface area contributed by atoms with E-state index in [0.717, 1.165) is 49.1 Å². The van der Waals surface area contributed by atoms with Gasteiger partial charge in [0, 0.05) is 12.1 Å². The van der Waals surface area contributed by atoms with Gasteiger partial charge in [0.1, 0.15) is 11.7 Å². The Hall–Kier alpha value is -2.82. The number of anilines is 1. The van der Waals surface area contributed by atoms with Gasteiger partial charge in [-0.05, 0) is 54.4 Å². The molecular formula is C25H30N2O3. The lowest BCUT2D eigenvalue weighted by atomic mass is 9.79. The highest BCUT2D eigenvalue weighted by Gasteiger charge is 2.43. The first-order valence-corrected chi connectivity index (χ1v) is 10.7. The summed E-state index contributed by atoms with van der Waals surface area (Å²) in [6, 6.07) is 18.1. The number of nitrogens with one attached hydrogen (secondary N) is 1. The predicted molar refractivity (Wildman–Crippen MR) is 119 cm³/mol. The molecule has 0 saturated heterocycles. The van der Waals surface area contributed by atoms with Crippen LogP contribution in [0.4, 0.5) is 10.5 Å². The second kappa shape index (κ2) is 8.13. The van der Waals surface area contributed by atoms with E-state index in [0.29, 0.717) is 0 Å². The maximum atomic E-state index is 12.3. The summed E-state index contributed by atoms with van der Waals surface area (Å²) >= 11 is 0. The number of amides is 1. The van der Waals surface area contributed by atoms with Crippen LogP contribution in [0.25, 0.3) is 0 Å². The monoisotopic (exact) mass is 406 g/mol. The first kappa shape index (κ1) is 20.5. The van der Waals surface area contributed by atoms with Crippen LogP contribution in [0.1, 0.15) is 64.0 Å². The van der Waals surface area contributed by atoms with Crippen LogP contribution in [-0.4, -0.2) is 23.5 Å². The van der Waals surface area contributed by atoms with Gasteiger partial charge >= 0.3 is 6.09 Å². The molecule has 1 fully saturated rings. The lowest BCUT2D eigenvalue weighted by Gasteiger charge is -2.34. The van der Waals surface area contributed by atoms with E-state index in [9.17, 15) is 4.79 Å². The molecular weight excluding hydrogens is 376 g/mol. The van der Waals surface area contributed by atoms with Gasteiger partial charge in [-0.1, -0.05) is 68.4 Å². The number of carbonyl (C=O) groups is 1. The average molecular weight is 407 g/mol. The van der Waals surface area contributed by atoms with Crippen LogP contribution in [0.3, 0.4) is 0 Å². The molecule has 1 spiro atoms. The first-order chi connectivity index (χ1) is 14.3. The Balaban J connectivity index is 1.26. The second-order valence-electron chi connectivity index (χ2n) is 9.41. The van der Waals surface area contributed by atoms with E-state index in [1.54, 1.807) is 0 Å². The van der Waals surface area contributed by atoms with Crippen LogP contribution in [0.15, 0.2) is 59.8 Å². The summed E-state index contributed by atoms with van der Waals surface area (Å²) in [4.78, 5) is 18.2. The number of rotatable bonds is 3. The molecule has 2 aliphatic rings. The number of hydrogen-bond acceptors (Lipinski definition) is 4. The molecule has 30 heavy (non-hydrogen) atoms. The minimum atomic E-state index is -0.395. The Morgan fingerprint density at radius 3 is 2.37 bits per heavy atom. The number of hydrogen-bond donors (Lipinski definition) is 1. The maximum absolute atomic E-state index is 12.3. The summed E-state index contributed by atoms with van der Waals surface area (Å²) in [6.45, 7) is 6.50. The molecule has 1 aliphatic carbocycles. The van der Waals surface area contributed by atoms with Gasteiger partial charge in [-0.2, -0.15) is 0 Å². The van der Waals surface area contributed by atoms with Crippen molar-refractivity contribution in [1.82, 2.24) is 0 Å². The summed E-state index contributed by atoms with van der Waals surface area (Å²) in [5.41, 5.74) is 3.94. The third-order valence-electron chi connectivity index (χ3n) is 6.06. The number of benzene rings is 2. The maximum Gasteiger partial charge on any atom is 0.411 e. The molecule has 0 unspecified atom stereocenters. The van der Waals surface area contributed by atoms with Crippen molar-refractivity contribution >= 4 is 17.5 Å². The highest BCUT2D eigenvalue weighted by molar-refractivity contribution is 6.01. The lowest BCUT2D eigenvalue weighted by Crippen LogP contribution is -2.38. The Morgan fingerprint density at radius 2 is 1.73 bits per heavy atom. The third kappa shape index (κ3) is 4.66. The van der Waals surface area contributed by atoms with Gasteiger partial charge in [-0.25, -0.2) is 4.79 Å². The molecule has 2 aromatic rings. The summed E-state index contributed by atoms with van der Waals surface area (Å²) in [5.74, 6) is 0. The molecule has 1 amide bonds. The average Bonchev–Trinajstić information content (AvgIpc) is 3.14. The predicted octanol–water partition coefficient (Wildman–Crippen LogP) is 6.04. The molecule has 5 heteroatoms. The van der Waals surface area contributed by atoms with Crippen molar-refractivity contribution in [1.29, 1.82) is 0 Å². The smallest absolute Gasteiger partial charge is 0.411 e. The van der Waals surface area contributed by atoms with Gasteiger partial charge in [0.25, 0.3) is 0 Å². The van der Waals surface area contributed by atoms with Crippen LogP contribution < -0.4 is 5.32 Å². The normalized spacial score (nSPS) is 23.6. The number of oxime groups is 1. The van der Waals surface area contributed by atoms with Crippen molar-refractivity contribution in [2.24, 2.45) is 5.16 Å². The van der Waals surface area contributed by atoms with E-state index in [1.807, 2.05) is 42.5 Å². The molecule has 0 atom stereocenters. The molecule has 158 valence electrons. The van der Waals surface area contributed by atoms with Crippen molar-refractivity contribution in [3.05, 3.63) is 65.7 Å². The minimum absolute atomic E-state index is 0.0868. The zero-order chi connectivity index (χ0) is 21.2. The molecule has 0 aromatic heterocycles. The van der Waals surface area contributed by atoms with Gasteiger partial charge in [0.2, 0.25) is 0 Å². The summed E-state index contributed by atoms with van der Waals surface area (Å²) in [7, 11) is 0. The fraction of sp³-hybridized carbons (Fsp3) is 0.440. The molecule has 0 radical (unpaired) electrons. The van der Waals surface area contributed by atoms with Gasteiger partial charge < -0.3 is 9.57 Å². The quantitative estimate of drug-likeness (QED) is 0.676. The molecule has 4 rings (SSSR count). The molecule has 1 N–H and O–H groups in total. The van der Waals surface area contributed by atoms with E-state index < -0.39 is 6.09 Å². The zero-order valence-electron chi connectivity index (χ0n) is 18.0. The molecule has 1 aliphatic heterocycles. The highest BCUT2D eigenvalue weighted by atomic mass is 16.7. The summed E-state index contributed by atoms with van der Waals surface area (Å²) < 4.78 is 5.66. The minimum Gasteiger partial charge on any atom is -0.446 e. The van der Waals surface area contributed by atoms with E-state index in [-0.39, 0.29) is 17.1 Å². The topological polar surface area (TPSA) is 59.9 Å². The van der Waals surface area contributed by atoms with Crippen LogP contribution in [0.5, 0.6) is 0 Å². The SMILES string of the molecule is CC(C)(C)c1ccc(NC(=O)O[C@H]2CC[C@]3(CC2)CC(c2ccccc2)=NO3)cc1. The number of nitrogens with zero attached hydrogens (tertiary/aromatic N) is 1. The number of carbonyl (C=O) groups excluding carboxylic acids is 1. The Bertz CT molecular complexity index is 906. The molecule has 2 aromatic carbocycles. The van der Waals surface area contributed by atoms with Crippen LogP contribution >= 0.6 is 0 Å². The van der Waals surface area contributed by atoms with Crippen LogP contribution in [0.2, 0.25) is 0 Å². The van der Waals surface area contributed by atoms with Gasteiger partial charge in [0.05, 0.1) is 5.71 Å². The van der Waals surface area contributed by atoms with Crippen molar-refractivity contribution in [3.63, 3.8) is 0 Å². The Kier molecular flexibility index (Phi) is 5.54. The van der Waals surface area contributed by atoms with Gasteiger partial charge in [-0.3, -0.25) is 5.32 Å². The Morgan fingerprint density at radius 1 is 1.07 bits per heavy atom. The second-order valence-corrected chi connectivity index (χ2v) is 9.41. The summed E-state index contributed by atoms with van der Waals surface area (Å²) in [6.07, 6.45) is 3.58. The van der Waals surface area contributed by atoms with Gasteiger partial charge in [-0.15, -0.1) is 0 Å². The molecule has 0 bridgehead atoms. The van der Waals surface area contributed by atoms with E-state index in [2.05, 4.69) is 43.4 Å². The van der Waals surface area contributed by atoms with Crippen molar-refractivity contribution < 1.29 is 14.4 Å². The van der Waals surface area contributed by atoms with Crippen LogP contribution in [0, 0.1) is 0 Å². The van der Waals surface area contributed by atoms with Crippen molar-refractivity contribution in [2.75, 3.05) is 5.32 Å². The fourth-order valence-corrected chi connectivity index (χ4v) is 4.16. The standard InChI is InChI=1S/C25H30N2O3/c1-24(2,3)19-9-11-20(12-10-19)26-23(28)29-21-13-15-25(16-14-21)17-22(27-30-25)18-7-5-4-6-8-18/h4-12,21H,13-17H2,1-3H3,(H,26,28)/t21-,25-. The zero-order valence-corrected chi connectivity index (χ0v) is 18.0. The molecule has 1 saturated carbocycles.